The van der Waals surface area contributed by atoms with Crippen molar-refractivity contribution in [1.29, 1.82) is 0 Å². The molecule has 0 spiro atoms. The zero-order valence-electron chi connectivity index (χ0n) is 11.5. The molecule has 4 rings (SSSR count). The molecule has 0 radical (unpaired) electrons. The molecule has 1 aliphatic rings. The van der Waals surface area contributed by atoms with Gasteiger partial charge in [-0.2, -0.15) is 0 Å². The van der Waals surface area contributed by atoms with Crippen LogP contribution in [0.3, 0.4) is 0 Å². The van der Waals surface area contributed by atoms with Gasteiger partial charge in [-0.1, -0.05) is 0 Å². The van der Waals surface area contributed by atoms with E-state index in [1.807, 2.05) is 0 Å². The van der Waals surface area contributed by atoms with E-state index in [9.17, 15) is 14.9 Å². The molecule has 7 heteroatoms. The van der Waals surface area contributed by atoms with Gasteiger partial charge >= 0.3 is 0 Å². The minimum Gasteiger partial charge on any atom is -0.306 e. The third-order valence-electron chi connectivity index (χ3n) is 3.93. The molecule has 0 amide bonds. The van der Waals surface area contributed by atoms with E-state index in [1.54, 1.807) is 23.5 Å². The van der Waals surface area contributed by atoms with Crippen molar-refractivity contribution >= 4 is 27.2 Å². The lowest BCUT2D eigenvalue weighted by molar-refractivity contribution is -0.384. The molecular weight excluding hydrogens is 302 g/mol. The Morgan fingerprint density at radius 1 is 1.23 bits per heavy atom. The second-order valence-electron chi connectivity index (χ2n) is 5.26. The molecule has 0 saturated heterocycles. The molecule has 2 heterocycles. The van der Waals surface area contributed by atoms with E-state index in [1.165, 1.54) is 17.0 Å². The van der Waals surface area contributed by atoms with Crippen LogP contribution in [0.4, 0.5) is 5.69 Å². The second kappa shape index (κ2) is 4.74. The van der Waals surface area contributed by atoms with Gasteiger partial charge in [0.2, 0.25) is 0 Å². The number of aromatic amines is 1. The van der Waals surface area contributed by atoms with E-state index in [-0.39, 0.29) is 11.2 Å². The highest BCUT2D eigenvalue weighted by Crippen LogP contribution is 2.35. The molecule has 6 nitrogen and oxygen atoms in total. The number of benzene rings is 1. The lowest BCUT2D eigenvalue weighted by Crippen LogP contribution is -2.09. The Balaban J connectivity index is 1.86. The molecule has 2 aromatic heterocycles. The molecule has 1 aromatic carbocycles. The largest absolute Gasteiger partial charge is 0.306 e. The number of nitro groups is 1. The van der Waals surface area contributed by atoms with Gasteiger partial charge in [0, 0.05) is 22.6 Å². The van der Waals surface area contributed by atoms with Gasteiger partial charge in [-0.25, -0.2) is 4.98 Å². The first-order chi connectivity index (χ1) is 10.6. The summed E-state index contributed by atoms with van der Waals surface area (Å²) < 4.78 is 0. The van der Waals surface area contributed by atoms with Crippen molar-refractivity contribution in [2.45, 2.75) is 19.3 Å². The molecule has 0 unspecified atom stereocenters. The molecule has 0 saturated carbocycles. The van der Waals surface area contributed by atoms with Crippen LogP contribution in [0.25, 0.3) is 21.6 Å². The Morgan fingerprint density at radius 2 is 2.00 bits per heavy atom. The molecule has 0 aliphatic heterocycles. The van der Waals surface area contributed by atoms with Gasteiger partial charge in [-0.05, 0) is 37.0 Å². The highest BCUT2D eigenvalue weighted by molar-refractivity contribution is 7.18. The monoisotopic (exact) mass is 313 g/mol. The van der Waals surface area contributed by atoms with Crippen LogP contribution >= 0.6 is 11.3 Å². The van der Waals surface area contributed by atoms with Gasteiger partial charge in [0.15, 0.2) is 0 Å². The fourth-order valence-electron chi connectivity index (χ4n) is 2.88. The summed E-state index contributed by atoms with van der Waals surface area (Å²) in [6.07, 6.45) is 3.06. The first-order valence-corrected chi connectivity index (χ1v) is 7.74. The predicted octanol–water partition coefficient (Wildman–Crippen LogP) is 3.05. The third-order valence-corrected chi connectivity index (χ3v) is 5.11. The number of hydrogen-bond donors (Lipinski definition) is 1. The Bertz CT molecular complexity index is 957. The van der Waals surface area contributed by atoms with E-state index >= 15 is 0 Å². The first-order valence-electron chi connectivity index (χ1n) is 6.93. The zero-order valence-corrected chi connectivity index (χ0v) is 12.3. The number of fused-ring (bicyclic) bond motifs is 3. The Hall–Kier alpha value is -2.54. The number of nitrogens with zero attached hydrogens (tertiary/aromatic N) is 2. The van der Waals surface area contributed by atoms with E-state index < -0.39 is 4.92 Å². The van der Waals surface area contributed by atoms with E-state index in [4.69, 9.17) is 0 Å². The van der Waals surface area contributed by atoms with Crippen LogP contribution in [0.15, 0.2) is 29.1 Å². The number of aromatic nitrogens is 2. The van der Waals surface area contributed by atoms with Gasteiger partial charge in [-0.15, -0.1) is 11.3 Å². The van der Waals surface area contributed by atoms with Crippen LogP contribution < -0.4 is 5.56 Å². The van der Waals surface area contributed by atoms with Crippen LogP contribution in [0.1, 0.15) is 16.9 Å². The summed E-state index contributed by atoms with van der Waals surface area (Å²) in [7, 11) is 0. The van der Waals surface area contributed by atoms with E-state index in [0.29, 0.717) is 16.8 Å². The molecule has 22 heavy (non-hydrogen) atoms. The number of hydrogen-bond acceptors (Lipinski definition) is 5. The standard InChI is InChI=1S/C15H11N3O3S/c19-14-12-10-2-1-3-11(10)22-15(12)17-13(16-14)8-4-6-9(7-5-8)18(20)21/h4-7H,1-3H2,(H,16,17,19). The molecule has 1 aliphatic carbocycles. The van der Waals surface area contributed by atoms with Gasteiger partial charge in [0.1, 0.15) is 10.7 Å². The SMILES string of the molecule is O=c1[nH]c(-c2ccc([N+](=O)[O-])cc2)nc2sc3c(c12)CCC3. The predicted molar refractivity (Wildman–Crippen MR) is 84.4 cm³/mol. The fourth-order valence-corrected chi connectivity index (χ4v) is 4.14. The summed E-state index contributed by atoms with van der Waals surface area (Å²) in [6, 6.07) is 6.02. The van der Waals surface area contributed by atoms with Gasteiger partial charge < -0.3 is 4.98 Å². The number of aryl methyl sites for hydroxylation is 2. The highest BCUT2D eigenvalue weighted by atomic mass is 32.1. The minimum absolute atomic E-state index is 0.0160. The van der Waals surface area contributed by atoms with Crippen molar-refractivity contribution in [3.63, 3.8) is 0 Å². The zero-order chi connectivity index (χ0) is 15.3. The summed E-state index contributed by atoms with van der Waals surface area (Å²) >= 11 is 1.58. The smallest absolute Gasteiger partial charge is 0.269 e. The maximum absolute atomic E-state index is 12.4. The quantitative estimate of drug-likeness (QED) is 0.581. The van der Waals surface area contributed by atoms with Gasteiger partial charge in [-0.3, -0.25) is 14.9 Å². The number of non-ortho nitro benzene ring substituents is 1. The van der Waals surface area contributed by atoms with Crippen LogP contribution in [-0.2, 0) is 12.8 Å². The normalized spacial score (nSPS) is 13.5. The molecule has 1 N–H and O–H groups in total. The van der Waals surface area contributed by atoms with Crippen LogP contribution in [0.2, 0.25) is 0 Å². The molecule has 110 valence electrons. The lowest BCUT2D eigenvalue weighted by Gasteiger charge is -2.01. The molecule has 0 fully saturated rings. The summed E-state index contributed by atoms with van der Waals surface area (Å²) in [5.41, 5.74) is 1.70. The van der Waals surface area contributed by atoms with Crippen molar-refractivity contribution in [2.75, 3.05) is 0 Å². The summed E-state index contributed by atoms with van der Waals surface area (Å²) in [5.74, 6) is 0.451. The average Bonchev–Trinajstić information content (AvgIpc) is 3.07. The highest BCUT2D eigenvalue weighted by Gasteiger charge is 2.21. The lowest BCUT2D eigenvalue weighted by atomic mass is 10.1. The first kappa shape index (κ1) is 13.1. The Morgan fingerprint density at radius 3 is 2.73 bits per heavy atom. The van der Waals surface area contributed by atoms with Crippen molar-refractivity contribution in [3.8, 4) is 11.4 Å². The van der Waals surface area contributed by atoms with Crippen molar-refractivity contribution in [3.05, 3.63) is 55.2 Å². The third kappa shape index (κ3) is 1.93. The molecule has 3 aromatic rings. The molecular formula is C15H11N3O3S. The van der Waals surface area contributed by atoms with Crippen molar-refractivity contribution in [2.24, 2.45) is 0 Å². The van der Waals surface area contributed by atoms with Crippen LogP contribution in [0.5, 0.6) is 0 Å². The van der Waals surface area contributed by atoms with E-state index in [2.05, 4.69) is 9.97 Å². The minimum atomic E-state index is -0.451. The average molecular weight is 313 g/mol. The Labute approximate surface area is 128 Å². The fraction of sp³-hybridized carbons (Fsp3) is 0.200. The van der Waals surface area contributed by atoms with Crippen LogP contribution in [-0.4, -0.2) is 14.9 Å². The number of nitro benzene ring substituents is 1. The van der Waals surface area contributed by atoms with Gasteiger partial charge in [0.25, 0.3) is 11.2 Å². The summed E-state index contributed by atoms with van der Waals surface area (Å²) in [5, 5.41) is 11.4. The van der Waals surface area contributed by atoms with E-state index in [0.717, 1.165) is 29.7 Å². The maximum atomic E-state index is 12.4. The second-order valence-corrected chi connectivity index (χ2v) is 6.34. The van der Waals surface area contributed by atoms with Gasteiger partial charge in [0.05, 0.1) is 10.3 Å². The van der Waals surface area contributed by atoms with Crippen molar-refractivity contribution < 1.29 is 4.92 Å². The van der Waals surface area contributed by atoms with Crippen molar-refractivity contribution in [1.82, 2.24) is 9.97 Å². The number of H-pyrrole nitrogens is 1. The number of thiophene rings is 1. The summed E-state index contributed by atoms with van der Waals surface area (Å²) in [6.45, 7) is 0. The molecule has 0 atom stereocenters. The maximum Gasteiger partial charge on any atom is 0.269 e. The number of rotatable bonds is 2. The topological polar surface area (TPSA) is 88.9 Å². The molecule has 0 bridgehead atoms. The van der Waals surface area contributed by atoms with Crippen LogP contribution in [0, 0.1) is 10.1 Å². The summed E-state index contributed by atoms with van der Waals surface area (Å²) in [4.78, 5) is 32.0. The Kier molecular flexibility index (Phi) is 2.83. The number of nitrogens with one attached hydrogen (secondary N) is 1.